The normalized spacial score (nSPS) is 10.0. The summed E-state index contributed by atoms with van der Waals surface area (Å²) in [6.07, 6.45) is 3.70. The molecule has 0 saturated heterocycles. The van der Waals surface area contributed by atoms with Crippen molar-refractivity contribution in [3.05, 3.63) is 12.2 Å². The van der Waals surface area contributed by atoms with Crippen LogP contribution in [0.3, 0.4) is 0 Å². The van der Waals surface area contributed by atoms with Crippen molar-refractivity contribution in [2.45, 2.75) is 26.8 Å². The summed E-state index contributed by atoms with van der Waals surface area (Å²) in [5, 5.41) is 7.51. The summed E-state index contributed by atoms with van der Waals surface area (Å²) in [7, 11) is 0. The van der Waals surface area contributed by atoms with Crippen LogP contribution in [0.2, 0.25) is 0 Å². The standard InChI is InChI=1S/C6H10N3/c1-3-6-8-7-5-9(6)4-2/h3-4H2,1-2H3. The van der Waals surface area contributed by atoms with Crippen molar-refractivity contribution in [1.82, 2.24) is 14.8 Å². The van der Waals surface area contributed by atoms with Gasteiger partial charge in [0.05, 0.1) is 0 Å². The molecule has 0 aliphatic carbocycles. The summed E-state index contributed by atoms with van der Waals surface area (Å²) >= 11 is 0. The molecule has 0 fully saturated rings. The number of aryl methyl sites for hydroxylation is 2. The average molecular weight is 124 g/mol. The van der Waals surface area contributed by atoms with Gasteiger partial charge in [-0.05, 0) is 6.92 Å². The van der Waals surface area contributed by atoms with Gasteiger partial charge in [-0.25, -0.2) is 0 Å². The Morgan fingerprint density at radius 3 is 2.78 bits per heavy atom. The van der Waals surface area contributed by atoms with E-state index >= 15 is 0 Å². The van der Waals surface area contributed by atoms with Crippen LogP contribution < -0.4 is 0 Å². The van der Waals surface area contributed by atoms with E-state index in [2.05, 4.69) is 30.4 Å². The fraction of sp³-hybridized carbons (Fsp3) is 0.667. The van der Waals surface area contributed by atoms with Crippen molar-refractivity contribution in [2.24, 2.45) is 0 Å². The van der Waals surface area contributed by atoms with Gasteiger partial charge in [0.15, 0.2) is 0 Å². The molecule has 9 heavy (non-hydrogen) atoms. The van der Waals surface area contributed by atoms with Gasteiger partial charge in [-0.1, -0.05) is 6.92 Å². The molecule has 0 unspecified atom stereocenters. The molecule has 0 aliphatic rings. The Hall–Kier alpha value is -0.860. The molecule has 49 valence electrons. The highest BCUT2D eigenvalue weighted by molar-refractivity contribution is 4.82. The maximum atomic E-state index is 3.86. The second-order valence-corrected chi connectivity index (χ2v) is 1.81. The monoisotopic (exact) mass is 124 g/mol. The second kappa shape index (κ2) is 2.62. The van der Waals surface area contributed by atoms with Crippen LogP contribution in [0.15, 0.2) is 0 Å². The molecule has 0 spiro atoms. The van der Waals surface area contributed by atoms with E-state index in [9.17, 15) is 0 Å². The van der Waals surface area contributed by atoms with Gasteiger partial charge in [0.1, 0.15) is 5.82 Å². The van der Waals surface area contributed by atoms with Gasteiger partial charge in [-0.3, -0.25) is 0 Å². The van der Waals surface area contributed by atoms with E-state index in [0.717, 1.165) is 18.8 Å². The van der Waals surface area contributed by atoms with Crippen molar-refractivity contribution in [1.29, 1.82) is 0 Å². The van der Waals surface area contributed by atoms with Gasteiger partial charge in [0, 0.05) is 13.0 Å². The Morgan fingerprint density at radius 1 is 1.56 bits per heavy atom. The van der Waals surface area contributed by atoms with Crippen LogP contribution in [0.4, 0.5) is 0 Å². The van der Waals surface area contributed by atoms with Crippen molar-refractivity contribution in [3.8, 4) is 0 Å². The predicted molar refractivity (Wildman–Crippen MR) is 33.9 cm³/mol. The molecule has 0 saturated carbocycles. The van der Waals surface area contributed by atoms with E-state index in [1.54, 1.807) is 0 Å². The Bertz CT molecular complexity index is 162. The molecule has 3 nitrogen and oxygen atoms in total. The molecule has 1 radical (unpaired) electrons. The minimum absolute atomic E-state index is 0.913. The fourth-order valence-electron chi connectivity index (χ4n) is 0.761. The van der Waals surface area contributed by atoms with Crippen molar-refractivity contribution < 1.29 is 0 Å². The number of hydrogen-bond acceptors (Lipinski definition) is 2. The van der Waals surface area contributed by atoms with Crippen LogP contribution in [-0.2, 0) is 13.0 Å². The van der Waals surface area contributed by atoms with Crippen LogP contribution in [0.1, 0.15) is 19.7 Å². The van der Waals surface area contributed by atoms with Gasteiger partial charge in [0.2, 0.25) is 6.33 Å². The molecular weight excluding hydrogens is 114 g/mol. The minimum Gasteiger partial charge on any atom is -0.309 e. The number of rotatable bonds is 2. The molecule has 3 heteroatoms. The lowest BCUT2D eigenvalue weighted by Gasteiger charge is -1.95. The molecule has 1 aromatic rings. The SMILES string of the molecule is CCc1nn[c]n1CC. The molecule has 0 aliphatic heterocycles. The highest BCUT2D eigenvalue weighted by atomic mass is 15.3. The molecule has 1 heterocycles. The first-order chi connectivity index (χ1) is 4.38. The Morgan fingerprint density at radius 2 is 2.33 bits per heavy atom. The lowest BCUT2D eigenvalue weighted by atomic mass is 10.4. The van der Waals surface area contributed by atoms with Crippen molar-refractivity contribution in [2.75, 3.05) is 0 Å². The second-order valence-electron chi connectivity index (χ2n) is 1.81. The van der Waals surface area contributed by atoms with Crippen LogP contribution in [0.5, 0.6) is 0 Å². The Balaban J connectivity index is 2.85. The fourth-order valence-corrected chi connectivity index (χ4v) is 0.761. The van der Waals surface area contributed by atoms with Crippen LogP contribution in [0.25, 0.3) is 0 Å². The maximum absolute atomic E-state index is 3.86. The highest BCUT2D eigenvalue weighted by Gasteiger charge is 1.96. The van der Waals surface area contributed by atoms with E-state index in [1.807, 2.05) is 4.57 Å². The third-order valence-electron chi connectivity index (χ3n) is 1.27. The molecule has 0 amide bonds. The summed E-state index contributed by atoms with van der Waals surface area (Å²) in [6, 6.07) is 0. The van der Waals surface area contributed by atoms with Crippen molar-refractivity contribution >= 4 is 0 Å². The third-order valence-corrected chi connectivity index (χ3v) is 1.27. The molecule has 0 bridgehead atoms. The Kier molecular flexibility index (Phi) is 1.82. The quantitative estimate of drug-likeness (QED) is 0.580. The lowest BCUT2D eigenvalue weighted by molar-refractivity contribution is 0.701. The first-order valence-corrected chi connectivity index (χ1v) is 3.18. The van der Waals surface area contributed by atoms with Gasteiger partial charge >= 0.3 is 0 Å². The van der Waals surface area contributed by atoms with Crippen LogP contribution in [-0.4, -0.2) is 14.8 Å². The number of aromatic nitrogens is 3. The van der Waals surface area contributed by atoms with Crippen LogP contribution in [0, 0.1) is 6.33 Å². The molecule has 0 N–H and O–H groups in total. The van der Waals surface area contributed by atoms with Gasteiger partial charge in [-0.15, -0.1) is 10.2 Å². The molecule has 1 aromatic heterocycles. The molecule has 1 rings (SSSR count). The van der Waals surface area contributed by atoms with E-state index in [4.69, 9.17) is 0 Å². The van der Waals surface area contributed by atoms with Crippen LogP contribution >= 0.6 is 0 Å². The lowest BCUT2D eigenvalue weighted by Crippen LogP contribution is -1.98. The zero-order chi connectivity index (χ0) is 6.69. The minimum atomic E-state index is 0.913. The zero-order valence-electron chi connectivity index (χ0n) is 5.76. The Labute approximate surface area is 54.7 Å². The molecular formula is C6H10N3. The number of hydrogen-bond donors (Lipinski definition) is 0. The van der Waals surface area contributed by atoms with Gasteiger partial charge in [0.25, 0.3) is 0 Å². The molecule has 0 aromatic carbocycles. The topological polar surface area (TPSA) is 30.7 Å². The first kappa shape index (κ1) is 6.26. The predicted octanol–water partition coefficient (Wildman–Crippen LogP) is 0.661. The maximum Gasteiger partial charge on any atom is 0.202 e. The summed E-state index contributed by atoms with van der Waals surface area (Å²) in [4.78, 5) is 0. The van der Waals surface area contributed by atoms with E-state index in [0.29, 0.717) is 0 Å². The first-order valence-electron chi connectivity index (χ1n) is 3.18. The zero-order valence-corrected chi connectivity index (χ0v) is 5.76. The van der Waals surface area contributed by atoms with Gasteiger partial charge in [-0.2, -0.15) is 0 Å². The summed E-state index contributed by atoms with van der Waals surface area (Å²) in [6.45, 7) is 5.03. The van der Waals surface area contributed by atoms with E-state index in [1.165, 1.54) is 0 Å². The van der Waals surface area contributed by atoms with Crippen molar-refractivity contribution in [3.63, 3.8) is 0 Å². The summed E-state index contributed by atoms with van der Waals surface area (Å²) in [5.41, 5.74) is 0. The third kappa shape index (κ3) is 1.09. The van der Waals surface area contributed by atoms with Gasteiger partial charge < -0.3 is 4.57 Å². The molecule has 0 atom stereocenters. The van der Waals surface area contributed by atoms with E-state index < -0.39 is 0 Å². The largest absolute Gasteiger partial charge is 0.309 e. The summed E-state index contributed by atoms with van der Waals surface area (Å²) in [5.74, 6) is 1.01. The smallest absolute Gasteiger partial charge is 0.202 e. The highest BCUT2D eigenvalue weighted by Crippen LogP contribution is 1.92. The van der Waals surface area contributed by atoms with E-state index in [-0.39, 0.29) is 0 Å². The summed E-state index contributed by atoms with van der Waals surface area (Å²) < 4.78 is 1.92. The average Bonchev–Trinajstić information content (AvgIpc) is 2.33. The number of nitrogens with zero attached hydrogens (tertiary/aromatic N) is 3.